The highest BCUT2D eigenvalue weighted by Crippen LogP contribution is 2.22. The van der Waals surface area contributed by atoms with Crippen LogP contribution in [0.2, 0.25) is 0 Å². The maximum atomic E-state index is 12.5. The molecule has 28 heavy (non-hydrogen) atoms. The molecular weight excluding hydrogens is 422 g/mol. The Morgan fingerprint density at radius 3 is 2.61 bits per heavy atom. The van der Waals surface area contributed by atoms with Gasteiger partial charge < -0.3 is 14.2 Å². The first-order valence-electron chi connectivity index (χ1n) is 9.02. The molecule has 0 fully saturated rings. The Morgan fingerprint density at radius 2 is 1.93 bits per heavy atom. The number of rotatable bonds is 7. The molecule has 1 heterocycles. The Bertz CT molecular complexity index is 954. The summed E-state index contributed by atoms with van der Waals surface area (Å²) < 4.78 is 12.0. The molecule has 7 heteroatoms. The number of ether oxygens (including phenoxy) is 1. The lowest BCUT2D eigenvalue weighted by atomic mass is 10.1. The second-order valence-corrected chi connectivity index (χ2v) is 7.34. The number of carbonyl (C=O) groups is 1. The SMILES string of the molecule is CCN(Cc1nc(-c2ccc(C)cc2)no1)C(=O)COc1ccc(Br)c(C)c1. The van der Waals surface area contributed by atoms with Crippen molar-refractivity contribution in [3.05, 3.63) is 64.0 Å². The first-order chi connectivity index (χ1) is 13.5. The lowest BCUT2D eigenvalue weighted by Crippen LogP contribution is -2.34. The quantitative estimate of drug-likeness (QED) is 0.535. The summed E-state index contributed by atoms with van der Waals surface area (Å²) in [5, 5.41) is 4.01. The Kier molecular flexibility index (Phi) is 6.46. The summed E-state index contributed by atoms with van der Waals surface area (Å²) in [5.74, 6) is 1.42. The molecule has 0 unspecified atom stereocenters. The van der Waals surface area contributed by atoms with Gasteiger partial charge in [0, 0.05) is 16.6 Å². The number of amides is 1. The number of aryl methyl sites for hydroxylation is 2. The molecule has 0 saturated carbocycles. The fraction of sp³-hybridized carbons (Fsp3) is 0.286. The molecule has 2 aromatic carbocycles. The highest BCUT2D eigenvalue weighted by molar-refractivity contribution is 9.10. The van der Waals surface area contributed by atoms with E-state index in [0.29, 0.717) is 24.0 Å². The molecule has 3 aromatic rings. The first-order valence-corrected chi connectivity index (χ1v) is 9.82. The van der Waals surface area contributed by atoms with E-state index in [-0.39, 0.29) is 19.1 Å². The van der Waals surface area contributed by atoms with Crippen LogP contribution in [-0.4, -0.2) is 34.1 Å². The zero-order valence-corrected chi connectivity index (χ0v) is 17.7. The van der Waals surface area contributed by atoms with Gasteiger partial charge in [0.15, 0.2) is 6.61 Å². The van der Waals surface area contributed by atoms with Gasteiger partial charge in [-0.3, -0.25) is 4.79 Å². The van der Waals surface area contributed by atoms with E-state index in [1.807, 2.05) is 63.2 Å². The average Bonchev–Trinajstić information content (AvgIpc) is 3.16. The maximum Gasteiger partial charge on any atom is 0.260 e. The summed E-state index contributed by atoms with van der Waals surface area (Å²) in [7, 11) is 0. The third-order valence-electron chi connectivity index (χ3n) is 4.33. The Morgan fingerprint density at radius 1 is 1.18 bits per heavy atom. The smallest absolute Gasteiger partial charge is 0.260 e. The molecule has 0 bridgehead atoms. The molecule has 1 amide bonds. The van der Waals surface area contributed by atoms with Gasteiger partial charge in [-0.2, -0.15) is 4.98 Å². The first kappa shape index (κ1) is 20.1. The van der Waals surface area contributed by atoms with E-state index in [9.17, 15) is 4.79 Å². The summed E-state index contributed by atoms with van der Waals surface area (Å²) >= 11 is 3.45. The van der Waals surface area contributed by atoms with Crippen molar-refractivity contribution in [2.75, 3.05) is 13.2 Å². The third-order valence-corrected chi connectivity index (χ3v) is 5.22. The number of carbonyl (C=O) groups excluding carboxylic acids is 1. The monoisotopic (exact) mass is 443 g/mol. The minimum atomic E-state index is -0.141. The van der Waals surface area contributed by atoms with Crippen LogP contribution in [0.1, 0.15) is 23.9 Å². The molecule has 0 N–H and O–H groups in total. The Balaban J connectivity index is 1.61. The van der Waals surface area contributed by atoms with E-state index in [0.717, 1.165) is 21.2 Å². The van der Waals surface area contributed by atoms with Gasteiger partial charge >= 0.3 is 0 Å². The predicted molar refractivity (Wildman–Crippen MR) is 110 cm³/mol. The van der Waals surface area contributed by atoms with Crippen molar-refractivity contribution in [2.45, 2.75) is 27.3 Å². The summed E-state index contributed by atoms with van der Waals surface area (Å²) in [6.45, 7) is 6.61. The average molecular weight is 444 g/mol. The number of benzene rings is 2. The van der Waals surface area contributed by atoms with Gasteiger partial charge in [-0.05, 0) is 44.5 Å². The van der Waals surface area contributed by atoms with Crippen molar-refractivity contribution < 1.29 is 14.1 Å². The van der Waals surface area contributed by atoms with Crippen LogP contribution in [0.3, 0.4) is 0 Å². The minimum absolute atomic E-state index is 0.0477. The number of aromatic nitrogens is 2. The topological polar surface area (TPSA) is 68.5 Å². The zero-order valence-electron chi connectivity index (χ0n) is 16.1. The molecule has 146 valence electrons. The van der Waals surface area contributed by atoms with Crippen LogP contribution in [0.5, 0.6) is 5.75 Å². The lowest BCUT2D eigenvalue weighted by Gasteiger charge is -2.19. The number of hydrogen-bond donors (Lipinski definition) is 0. The van der Waals surface area contributed by atoms with Crippen LogP contribution >= 0.6 is 15.9 Å². The highest BCUT2D eigenvalue weighted by atomic mass is 79.9. The normalized spacial score (nSPS) is 10.7. The van der Waals surface area contributed by atoms with Crippen molar-refractivity contribution in [1.82, 2.24) is 15.0 Å². The molecule has 3 rings (SSSR count). The van der Waals surface area contributed by atoms with E-state index < -0.39 is 0 Å². The third kappa shape index (κ3) is 4.98. The molecule has 1 aromatic heterocycles. The van der Waals surface area contributed by atoms with E-state index in [4.69, 9.17) is 9.26 Å². The molecule has 0 aliphatic heterocycles. The highest BCUT2D eigenvalue weighted by Gasteiger charge is 2.17. The van der Waals surface area contributed by atoms with Gasteiger partial charge in [0.25, 0.3) is 5.91 Å². The van der Waals surface area contributed by atoms with Crippen LogP contribution < -0.4 is 4.74 Å². The van der Waals surface area contributed by atoms with Crippen molar-refractivity contribution >= 4 is 21.8 Å². The number of nitrogens with zero attached hydrogens (tertiary/aromatic N) is 3. The fourth-order valence-corrected chi connectivity index (χ4v) is 2.87. The summed E-state index contributed by atoms with van der Waals surface area (Å²) in [5.41, 5.74) is 3.09. The molecule has 0 radical (unpaired) electrons. The molecule has 0 aliphatic rings. The van der Waals surface area contributed by atoms with Crippen LogP contribution in [0.25, 0.3) is 11.4 Å². The summed E-state index contributed by atoms with van der Waals surface area (Å²) in [4.78, 5) is 18.5. The van der Waals surface area contributed by atoms with Crippen LogP contribution in [0, 0.1) is 13.8 Å². The Hall–Kier alpha value is -2.67. The maximum absolute atomic E-state index is 12.5. The molecule has 6 nitrogen and oxygen atoms in total. The standard InChI is InChI=1S/C21H22BrN3O3/c1-4-25(20(26)13-27-17-9-10-18(22)15(3)11-17)12-19-23-21(24-28-19)16-7-5-14(2)6-8-16/h5-11H,4,12-13H2,1-3H3. The van der Waals surface area contributed by atoms with Gasteiger partial charge in [-0.25, -0.2) is 0 Å². The number of hydrogen-bond acceptors (Lipinski definition) is 5. The van der Waals surface area contributed by atoms with Crippen LogP contribution in [-0.2, 0) is 11.3 Å². The minimum Gasteiger partial charge on any atom is -0.484 e. The fourth-order valence-electron chi connectivity index (χ4n) is 2.62. The van der Waals surface area contributed by atoms with Gasteiger partial charge in [-0.15, -0.1) is 0 Å². The van der Waals surface area contributed by atoms with E-state index in [2.05, 4.69) is 26.1 Å². The van der Waals surface area contributed by atoms with Gasteiger partial charge in [-0.1, -0.05) is 50.9 Å². The largest absolute Gasteiger partial charge is 0.484 e. The van der Waals surface area contributed by atoms with Crippen molar-refractivity contribution in [1.29, 1.82) is 0 Å². The van der Waals surface area contributed by atoms with Gasteiger partial charge in [0.05, 0.1) is 0 Å². The summed E-state index contributed by atoms with van der Waals surface area (Å²) in [6.07, 6.45) is 0. The predicted octanol–water partition coefficient (Wildman–Crippen LogP) is 4.54. The van der Waals surface area contributed by atoms with E-state index >= 15 is 0 Å². The second-order valence-electron chi connectivity index (χ2n) is 6.49. The molecular formula is C21H22BrN3O3. The molecule has 0 saturated heterocycles. The zero-order chi connectivity index (χ0) is 20.1. The van der Waals surface area contributed by atoms with E-state index in [1.54, 1.807) is 4.90 Å². The van der Waals surface area contributed by atoms with Gasteiger partial charge in [0.1, 0.15) is 12.3 Å². The van der Waals surface area contributed by atoms with Gasteiger partial charge in [0.2, 0.25) is 11.7 Å². The molecule has 0 aliphatic carbocycles. The van der Waals surface area contributed by atoms with Crippen molar-refractivity contribution in [3.63, 3.8) is 0 Å². The van der Waals surface area contributed by atoms with Crippen molar-refractivity contribution in [3.8, 4) is 17.1 Å². The molecule has 0 spiro atoms. The van der Waals surface area contributed by atoms with E-state index in [1.165, 1.54) is 0 Å². The number of halogens is 1. The van der Waals surface area contributed by atoms with Crippen LogP contribution in [0.15, 0.2) is 51.5 Å². The number of likely N-dealkylation sites (N-methyl/N-ethyl adjacent to an activating group) is 1. The summed E-state index contributed by atoms with van der Waals surface area (Å²) in [6, 6.07) is 13.5. The second kappa shape index (κ2) is 9.01. The van der Waals surface area contributed by atoms with Crippen molar-refractivity contribution in [2.24, 2.45) is 0 Å². The Labute approximate surface area is 172 Å². The lowest BCUT2D eigenvalue weighted by molar-refractivity contribution is -0.134. The molecule has 0 atom stereocenters. The van der Waals surface area contributed by atoms with Crippen LogP contribution in [0.4, 0.5) is 0 Å².